The fourth-order valence-electron chi connectivity index (χ4n) is 2.99. The Hall–Kier alpha value is -1.03. The summed E-state index contributed by atoms with van der Waals surface area (Å²) in [5, 5.41) is 13.8. The molecule has 2 N–H and O–H groups in total. The Kier molecular flexibility index (Phi) is 4.96. The topological polar surface area (TPSA) is 94.1 Å². The minimum absolute atomic E-state index is 0.0359. The van der Waals surface area contributed by atoms with E-state index in [0.29, 0.717) is 0 Å². The highest BCUT2D eigenvalue weighted by Gasteiger charge is 2.52. The van der Waals surface area contributed by atoms with E-state index in [4.69, 9.17) is 13.7 Å². The van der Waals surface area contributed by atoms with Gasteiger partial charge in [0.05, 0.1) is 17.5 Å². The summed E-state index contributed by atoms with van der Waals surface area (Å²) in [6.07, 6.45) is -3.39. The zero-order valence-electron chi connectivity index (χ0n) is 13.9. The van der Waals surface area contributed by atoms with Crippen LogP contribution in [0, 0.1) is 6.92 Å². The van der Waals surface area contributed by atoms with Crippen LogP contribution in [0.15, 0.2) is 29.2 Å². The molecule has 1 aromatic carbocycles. The van der Waals surface area contributed by atoms with E-state index in [0.717, 1.165) is 5.56 Å². The number of ether oxygens (including phenoxy) is 2. The molecule has 0 amide bonds. The molecule has 0 unspecified atom stereocenters. The first-order valence-corrected chi connectivity index (χ1v) is 9.40. The van der Waals surface area contributed by atoms with Crippen LogP contribution in [0.3, 0.4) is 0 Å². The first-order valence-electron chi connectivity index (χ1n) is 7.99. The predicted octanol–water partition coefficient (Wildman–Crippen LogP) is 0.552. The Balaban J connectivity index is 1.81. The van der Waals surface area contributed by atoms with Gasteiger partial charge in [0.2, 0.25) is 0 Å². The number of benzene rings is 1. The zero-order chi connectivity index (χ0) is 17.5. The molecule has 2 bridgehead atoms. The summed E-state index contributed by atoms with van der Waals surface area (Å²) in [7, 11) is -4.03. The van der Waals surface area contributed by atoms with E-state index in [1.807, 2.05) is 20.8 Å². The Morgan fingerprint density at radius 3 is 2.58 bits per heavy atom. The maximum Gasteiger partial charge on any atom is 0.297 e. The molecule has 2 aliphatic rings. The average Bonchev–Trinajstić information content (AvgIpc) is 2.95. The van der Waals surface area contributed by atoms with Crippen molar-refractivity contribution in [2.24, 2.45) is 0 Å². The van der Waals surface area contributed by atoms with E-state index in [1.54, 1.807) is 12.1 Å². The van der Waals surface area contributed by atoms with Gasteiger partial charge in [-0.25, -0.2) is 0 Å². The Bertz CT molecular complexity index is 674. The molecule has 2 aliphatic heterocycles. The van der Waals surface area contributed by atoms with Gasteiger partial charge in [0.25, 0.3) is 10.1 Å². The molecule has 1 aromatic rings. The fraction of sp³-hybridized carbons (Fsp3) is 0.625. The van der Waals surface area contributed by atoms with E-state index in [-0.39, 0.29) is 23.6 Å². The molecule has 2 fully saturated rings. The number of aliphatic hydroxyl groups excluding tert-OH is 1. The molecule has 0 aliphatic carbocycles. The summed E-state index contributed by atoms with van der Waals surface area (Å²) < 4.78 is 41.4. The van der Waals surface area contributed by atoms with Crippen LogP contribution in [0.25, 0.3) is 0 Å². The van der Waals surface area contributed by atoms with Gasteiger partial charge < -0.3 is 19.9 Å². The summed E-state index contributed by atoms with van der Waals surface area (Å²) in [6, 6.07) is 5.97. The van der Waals surface area contributed by atoms with Crippen molar-refractivity contribution in [3.63, 3.8) is 0 Å². The number of aryl methyl sites for hydroxylation is 1. The Morgan fingerprint density at radius 2 is 1.96 bits per heavy atom. The highest BCUT2D eigenvalue weighted by molar-refractivity contribution is 7.86. The summed E-state index contributed by atoms with van der Waals surface area (Å²) in [5.41, 5.74) is 0.943. The van der Waals surface area contributed by atoms with Gasteiger partial charge in [-0.1, -0.05) is 31.5 Å². The van der Waals surface area contributed by atoms with Crippen LogP contribution in [0.5, 0.6) is 0 Å². The molecule has 3 rings (SSSR count). The molecule has 0 spiro atoms. The average molecular weight is 357 g/mol. The minimum atomic E-state index is -4.03. The van der Waals surface area contributed by atoms with Gasteiger partial charge in [-0.2, -0.15) is 8.42 Å². The van der Waals surface area contributed by atoms with Gasteiger partial charge in [0.15, 0.2) is 12.4 Å². The van der Waals surface area contributed by atoms with E-state index in [2.05, 4.69) is 5.32 Å². The van der Waals surface area contributed by atoms with Crippen LogP contribution in [-0.4, -0.2) is 56.8 Å². The molecule has 2 heterocycles. The van der Waals surface area contributed by atoms with Crippen molar-refractivity contribution in [2.45, 2.75) is 62.4 Å². The summed E-state index contributed by atoms with van der Waals surface area (Å²) in [5.74, 6) is 0. The molecule has 0 saturated carbocycles. The van der Waals surface area contributed by atoms with Crippen LogP contribution >= 0.6 is 0 Å². The highest BCUT2D eigenvalue weighted by atomic mass is 32.2. The molecule has 0 aromatic heterocycles. The minimum Gasteiger partial charge on any atom is -0.388 e. The molecular formula is C16H23NO6S. The standard InChI is InChI=1S/C16H23NO6S/c1-9(2)17-13-12-8-21-16(22-12)15(14(13)18)23-24(19,20)11-6-4-10(3)5-7-11/h4-7,9,12-18H,8H2,1-3H3/t12-,13-,14-,15+,16-/m1/s1. The van der Waals surface area contributed by atoms with E-state index < -0.39 is 34.7 Å². The fourth-order valence-corrected chi connectivity index (χ4v) is 4.06. The third-order valence-electron chi connectivity index (χ3n) is 4.18. The highest BCUT2D eigenvalue weighted by Crippen LogP contribution is 2.32. The lowest BCUT2D eigenvalue weighted by Crippen LogP contribution is -2.61. The van der Waals surface area contributed by atoms with Gasteiger partial charge in [0, 0.05) is 6.04 Å². The summed E-state index contributed by atoms with van der Waals surface area (Å²) in [6.45, 7) is 6.03. The molecule has 5 atom stereocenters. The molecule has 2 saturated heterocycles. The third kappa shape index (κ3) is 3.49. The number of rotatable bonds is 5. The van der Waals surface area contributed by atoms with E-state index in [1.165, 1.54) is 12.1 Å². The van der Waals surface area contributed by atoms with Crippen molar-refractivity contribution < 1.29 is 27.2 Å². The molecule has 134 valence electrons. The molecular weight excluding hydrogens is 334 g/mol. The van der Waals surface area contributed by atoms with Crippen molar-refractivity contribution in [3.8, 4) is 0 Å². The SMILES string of the molecule is Cc1ccc(S(=O)(=O)O[C@@H]2[C@@H]3OC[C@@H](O3)[C@@H](NC(C)C)[C@H]2O)cc1. The van der Waals surface area contributed by atoms with Crippen molar-refractivity contribution >= 4 is 10.1 Å². The first kappa shape index (κ1) is 17.8. The van der Waals surface area contributed by atoms with Gasteiger partial charge in [0.1, 0.15) is 12.2 Å². The van der Waals surface area contributed by atoms with Gasteiger partial charge >= 0.3 is 0 Å². The number of hydrogen-bond donors (Lipinski definition) is 2. The smallest absolute Gasteiger partial charge is 0.297 e. The lowest BCUT2D eigenvalue weighted by Gasteiger charge is -2.38. The lowest BCUT2D eigenvalue weighted by atomic mass is 9.97. The maximum atomic E-state index is 12.5. The number of aliphatic hydroxyl groups is 1. The van der Waals surface area contributed by atoms with Crippen LogP contribution in [0.1, 0.15) is 19.4 Å². The maximum absolute atomic E-state index is 12.5. The second-order valence-electron chi connectivity index (χ2n) is 6.54. The summed E-state index contributed by atoms with van der Waals surface area (Å²) in [4.78, 5) is 0.0359. The van der Waals surface area contributed by atoms with Crippen molar-refractivity contribution in [2.75, 3.05) is 6.61 Å². The largest absolute Gasteiger partial charge is 0.388 e. The normalized spacial score (nSPS) is 33.1. The second kappa shape index (κ2) is 6.70. The third-order valence-corrected chi connectivity index (χ3v) is 5.51. The van der Waals surface area contributed by atoms with Crippen molar-refractivity contribution in [1.29, 1.82) is 0 Å². The van der Waals surface area contributed by atoms with E-state index in [9.17, 15) is 13.5 Å². The Morgan fingerprint density at radius 1 is 1.29 bits per heavy atom. The first-order chi connectivity index (χ1) is 11.3. The zero-order valence-corrected chi connectivity index (χ0v) is 14.7. The summed E-state index contributed by atoms with van der Waals surface area (Å²) >= 11 is 0. The monoisotopic (exact) mass is 357 g/mol. The lowest BCUT2D eigenvalue weighted by molar-refractivity contribution is -0.193. The van der Waals surface area contributed by atoms with Crippen molar-refractivity contribution in [3.05, 3.63) is 29.8 Å². The molecule has 7 nitrogen and oxygen atoms in total. The van der Waals surface area contributed by atoms with Crippen LogP contribution in [0.4, 0.5) is 0 Å². The van der Waals surface area contributed by atoms with Crippen LogP contribution in [0.2, 0.25) is 0 Å². The molecule has 0 radical (unpaired) electrons. The quantitative estimate of drug-likeness (QED) is 0.743. The van der Waals surface area contributed by atoms with Crippen molar-refractivity contribution in [1.82, 2.24) is 5.32 Å². The second-order valence-corrected chi connectivity index (χ2v) is 8.11. The molecule has 24 heavy (non-hydrogen) atoms. The van der Waals surface area contributed by atoms with Gasteiger partial charge in [-0.3, -0.25) is 4.18 Å². The molecule has 8 heteroatoms. The van der Waals surface area contributed by atoms with Gasteiger partial charge in [-0.05, 0) is 19.1 Å². The Labute approximate surface area is 142 Å². The predicted molar refractivity (Wildman–Crippen MR) is 85.9 cm³/mol. The number of hydrogen-bond acceptors (Lipinski definition) is 7. The van der Waals surface area contributed by atoms with Gasteiger partial charge in [-0.15, -0.1) is 0 Å². The number of fused-ring (bicyclic) bond motifs is 2. The van der Waals surface area contributed by atoms with E-state index >= 15 is 0 Å². The van der Waals surface area contributed by atoms with Crippen LogP contribution in [-0.2, 0) is 23.8 Å². The van der Waals surface area contributed by atoms with Crippen LogP contribution < -0.4 is 5.32 Å². The number of nitrogens with one attached hydrogen (secondary N) is 1.